The molecule has 0 unspecified atom stereocenters. The Morgan fingerprint density at radius 3 is 2.36 bits per heavy atom. The average Bonchev–Trinajstić information content (AvgIpc) is 2.78. The van der Waals surface area contributed by atoms with Crippen LogP contribution in [0.3, 0.4) is 0 Å². The maximum absolute atomic E-state index is 9.70. The Labute approximate surface area is 94.6 Å². The molecule has 0 aromatic rings. The number of nitrogens with zero attached hydrogens (tertiary/aromatic N) is 1. The third-order valence-electron chi connectivity index (χ3n) is 2.33. The second-order valence-electron chi connectivity index (χ2n) is 4.82. The van der Waals surface area contributed by atoms with Crippen molar-refractivity contribution in [3.05, 3.63) is 12.2 Å². The fourth-order valence-corrected chi connectivity index (χ4v) is 1.23. The van der Waals surface area contributed by atoms with Crippen molar-refractivity contribution >= 4 is 10.6 Å². The van der Waals surface area contributed by atoms with Crippen LogP contribution in [0.5, 0.6) is 0 Å². The van der Waals surface area contributed by atoms with Gasteiger partial charge in [-0.25, -0.2) is 0 Å². The molecule has 0 aromatic carbocycles. The second-order valence-corrected chi connectivity index (χ2v) is 5.48. The van der Waals surface area contributed by atoms with E-state index in [-0.39, 0.29) is 5.41 Å². The molecule has 1 rings (SSSR count). The quantitative estimate of drug-likeness (QED) is 0.579. The normalized spacial score (nSPS) is 19.6. The minimum atomic E-state index is -0.658. The Bertz CT molecular complexity index is 276. The van der Waals surface area contributed by atoms with Gasteiger partial charge in [0, 0.05) is 0 Å². The molecule has 3 heteroatoms. The van der Waals surface area contributed by atoms with Gasteiger partial charge in [-0.3, -0.25) is 0 Å². The van der Waals surface area contributed by atoms with Gasteiger partial charge in [0.25, 0.3) is 0 Å². The van der Waals surface area contributed by atoms with Gasteiger partial charge in [-0.05, 0) is 0 Å². The van der Waals surface area contributed by atoms with Crippen molar-refractivity contribution in [2.75, 3.05) is 0 Å². The molecular weight excluding hydrogens is 213 g/mol. The molecule has 0 spiro atoms. The molecule has 1 saturated carbocycles. The van der Waals surface area contributed by atoms with E-state index < -0.39 is 5.60 Å². The monoisotopic (exact) mass is 229 g/mol. The topological polar surface area (TPSA) is 32.6 Å². The molecule has 1 aliphatic carbocycles. The van der Waals surface area contributed by atoms with Gasteiger partial charge in [-0.1, -0.05) is 0 Å². The molecule has 0 radical (unpaired) electrons. The van der Waals surface area contributed by atoms with Crippen molar-refractivity contribution in [1.29, 1.82) is 0 Å². The van der Waals surface area contributed by atoms with Crippen LogP contribution in [-0.2, 0) is 17.0 Å². The third-order valence-corrected chi connectivity index (χ3v) is 3.16. The van der Waals surface area contributed by atoms with E-state index in [4.69, 9.17) is 6.58 Å². The first kappa shape index (κ1) is 11.9. The van der Waals surface area contributed by atoms with Crippen molar-refractivity contribution < 1.29 is 22.1 Å². The van der Waals surface area contributed by atoms with Crippen LogP contribution in [0, 0.1) is 12.0 Å². The Balaban J connectivity index is 2.56. The van der Waals surface area contributed by atoms with E-state index in [0.717, 1.165) is 18.4 Å². The van der Waals surface area contributed by atoms with E-state index in [2.05, 4.69) is 22.0 Å². The van der Waals surface area contributed by atoms with Crippen LogP contribution < -0.4 is 0 Å². The Morgan fingerprint density at radius 1 is 1.50 bits per heavy atom. The van der Waals surface area contributed by atoms with Gasteiger partial charge in [0.1, 0.15) is 0 Å². The minimum absolute atomic E-state index is 0.0665. The SMILES string of the molecule is [CH-]=C(C=N[C](=[V])C1(O)CC1)C(C)(C)C. The summed E-state index contributed by atoms with van der Waals surface area (Å²) in [5, 5.41) is 9.70. The van der Waals surface area contributed by atoms with E-state index in [1.807, 2.05) is 20.8 Å². The second kappa shape index (κ2) is 3.76. The molecule has 0 atom stereocenters. The van der Waals surface area contributed by atoms with Gasteiger partial charge >= 0.3 is 94.4 Å². The molecule has 77 valence electrons. The first-order chi connectivity index (χ1) is 6.26. The fraction of sp³-hybridized carbons (Fsp3) is 0.636. The summed E-state index contributed by atoms with van der Waals surface area (Å²) in [5.41, 5.74) is 0.00254. The van der Waals surface area contributed by atoms with E-state index in [9.17, 15) is 5.11 Å². The van der Waals surface area contributed by atoms with Gasteiger partial charge in [-0.2, -0.15) is 0 Å². The summed E-state index contributed by atoms with van der Waals surface area (Å²) in [6.07, 6.45) is 3.26. The zero-order valence-corrected chi connectivity index (χ0v) is 10.3. The Kier molecular flexibility index (Phi) is 3.20. The summed E-state index contributed by atoms with van der Waals surface area (Å²) in [6, 6.07) is 0. The van der Waals surface area contributed by atoms with Crippen LogP contribution in [-0.4, -0.2) is 21.3 Å². The third kappa shape index (κ3) is 2.91. The Morgan fingerprint density at radius 2 is 2.00 bits per heavy atom. The summed E-state index contributed by atoms with van der Waals surface area (Å²) in [5.74, 6) is 0. The van der Waals surface area contributed by atoms with Gasteiger partial charge in [-0.15, -0.1) is 0 Å². The molecule has 0 aromatic heterocycles. The van der Waals surface area contributed by atoms with E-state index in [0.29, 0.717) is 4.35 Å². The molecule has 14 heavy (non-hydrogen) atoms. The molecule has 0 aliphatic heterocycles. The summed E-state index contributed by atoms with van der Waals surface area (Å²) < 4.78 is 0.706. The number of hydrogen-bond acceptors (Lipinski definition) is 2. The molecule has 1 aliphatic rings. The summed E-state index contributed by atoms with van der Waals surface area (Å²) in [4.78, 5) is 4.18. The van der Waals surface area contributed by atoms with Crippen molar-refractivity contribution in [3.63, 3.8) is 0 Å². The van der Waals surface area contributed by atoms with Crippen LogP contribution >= 0.6 is 0 Å². The number of aliphatic imine (C=N–C) groups is 1. The number of allylic oxidation sites excluding steroid dienone is 1. The van der Waals surface area contributed by atoms with Gasteiger partial charge in [0.05, 0.1) is 0 Å². The van der Waals surface area contributed by atoms with Crippen LogP contribution in [0.1, 0.15) is 33.6 Å². The first-order valence-electron chi connectivity index (χ1n) is 4.71. The van der Waals surface area contributed by atoms with Crippen LogP contribution in [0.2, 0.25) is 0 Å². The molecule has 0 heterocycles. The van der Waals surface area contributed by atoms with Crippen molar-refractivity contribution in [3.8, 4) is 0 Å². The van der Waals surface area contributed by atoms with Crippen molar-refractivity contribution in [1.82, 2.24) is 0 Å². The fourth-order valence-electron chi connectivity index (χ4n) is 0.786. The van der Waals surface area contributed by atoms with E-state index in [1.165, 1.54) is 0 Å². The molecule has 2 nitrogen and oxygen atoms in total. The predicted octanol–water partition coefficient (Wildman–Crippen LogP) is 1.66. The molecule has 0 bridgehead atoms. The summed E-state index contributed by atoms with van der Waals surface area (Å²) in [6.45, 7) is 11.9. The molecule has 0 saturated heterocycles. The molecule has 1 fully saturated rings. The molecular formula is C11H16NOV-. The predicted molar refractivity (Wildman–Crippen MR) is 55.0 cm³/mol. The zero-order valence-electron chi connectivity index (χ0n) is 8.91. The van der Waals surface area contributed by atoms with Crippen LogP contribution in [0.4, 0.5) is 0 Å². The van der Waals surface area contributed by atoms with Crippen molar-refractivity contribution in [2.45, 2.75) is 39.2 Å². The number of rotatable bonds is 3. The van der Waals surface area contributed by atoms with Gasteiger partial charge in [0.15, 0.2) is 0 Å². The maximum atomic E-state index is 9.70. The van der Waals surface area contributed by atoms with Crippen molar-refractivity contribution in [2.24, 2.45) is 10.4 Å². The van der Waals surface area contributed by atoms with E-state index >= 15 is 0 Å². The van der Waals surface area contributed by atoms with Crippen LogP contribution in [0.15, 0.2) is 10.6 Å². The Hall–Kier alpha value is -0.176. The standard InChI is InChI=1S/C11H16NO.V/c1-9(10(2,3)4)7-12-8-11(13)5-6-11;/h1,7,13H,5-6H2,2-4H3;/q-1;. The summed E-state index contributed by atoms with van der Waals surface area (Å²) in [7, 11) is 0. The van der Waals surface area contributed by atoms with Gasteiger partial charge < -0.3 is 0 Å². The average molecular weight is 229 g/mol. The zero-order chi connectivity index (χ0) is 11.0. The van der Waals surface area contributed by atoms with E-state index in [1.54, 1.807) is 6.21 Å². The summed E-state index contributed by atoms with van der Waals surface area (Å²) >= 11 is 2.32. The number of hydrogen-bond donors (Lipinski definition) is 1. The first-order valence-corrected chi connectivity index (χ1v) is 5.41. The van der Waals surface area contributed by atoms with Gasteiger partial charge in [0.2, 0.25) is 0 Å². The molecule has 1 N–H and O–H groups in total. The number of aliphatic hydroxyl groups is 1. The van der Waals surface area contributed by atoms with Crippen LogP contribution in [0.25, 0.3) is 0 Å². The molecule has 0 amide bonds.